The molecule has 2 aromatic carbocycles. The van der Waals surface area contributed by atoms with Crippen molar-refractivity contribution in [2.75, 3.05) is 5.32 Å². The second-order valence-corrected chi connectivity index (χ2v) is 9.69. The average molecular weight is 525 g/mol. The van der Waals surface area contributed by atoms with Crippen molar-refractivity contribution in [1.29, 1.82) is 0 Å². The summed E-state index contributed by atoms with van der Waals surface area (Å²) < 4.78 is 62.4. The second-order valence-electron chi connectivity index (χ2n) is 9.25. The molecule has 12 heteroatoms. The lowest BCUT2D eigenvalue weighted by atomic mass is 9.95. The molecular weight excluding hydrogens is 504 g/mol. The molecule has 1 N–H and O–H groups in total. The van der Waals surface area contributed by atoms with Crippen LogP contribution in [0.4, 0.5) is 23.2 Å². The van der Waals surface area contributed by atoms with Crippen LogP contribution >= 0.6 is 11.6 Å². The maximum absolute atomic E-state index is 15.3. The van der Waals surface area contributed by atoms with E-state index in [4.69, 9.17) is 16.3 Å². The van der Waals surface area contributed by atoms with Crippen molar-refractivity contribution in [3.8, 4) is 11.4 Å². The Kier molecular flexibility index (Phi) is 5.85. The van der Waals surface area contributed by atoms with Gasteiger partial charge in [0.2, 0.25) is 0 Å². The number of anilines is 1. The maximum atomic E-state index is 15.3. The van der Waals surface area contributed by atoms with Crippen LogP contribution in [0.2, 0.25) is 5.02 Å². The molecule has 36 heavy (non-hydrogen) atoms. The zero-order valence-electron chi connectivity index (χ0n) is 19.0. The van der Waals surface area contributed by atoms with E-state index >= 15 is 4.39 Å². The fraction of sp³-hybridized carbons (Fsp3) is 0.375. The number of amides is 1. The second kappa shape index (κ2) is 8.65. The van der Waals surface area contributed by atoms with Crippen molar-refractivity contribution in [1.82, 2.24) is 14.3 Å². The number of aromatic nitrogens is 3. The number of benzene rings is 2. The SMILES string of the molecule is C[C@H](Oc1cc(-n2nc3n(c2=O)CCC2(CC2)C3)c(F)cc1C(=O)Nc1cccc(Cl)c1)C(F)(F)F. The predicted octanol–water partition coefficient (Wildman–Crippen LogP) is 5.13. The highest BCUT2D eigenvalue weighted by Crippen LogP contribution is 2.53. The smallest absolute Gasteiger partial charge is 0.425 e. The molecule has 2 aliphatic rings. The third-order valence-electron chi connectivity index (χ3n) is 6.66. The molecule has 190 valence electrons. The van der Waals surface area contributed by atoms with Gasteiger partial charge in [0.05, 0.1) is 5.56 Å². The third-order valence-corrected chi connectivity index (χ3v) is 6.90. The molecule has 0 radical (unpaired) electrons. The number of alkyl halides is 3. The van der Waals surface area contributed by atoms with E-state index in [9.17, 15) is 22.8 Å². The molecule has 1 spiro atoms. The number of carbonyl (C=O) groups excluding carboxylic acids is 1. The Morgan fingerprint density at radius 3 is 2.64 bits per heavy atom. The van der Waals surface area contributed by atoms with Crippen molar-refractivity contribution in [3.63, 3.8) is 0 Å². The van der Waals surface area contributed by atoms with E-state index in [1.807, 2.05) is 0 Å². The number of rotatable bonds is 5. The van der Waals surface area contributed by atoms with Crippen molar-refractivity contribution in [2.45, 2.75) is 51.4 Å². The van der Waals surface area contributed by atoms with Crippen LogP contribution in [-0.4, -0.2) is 32.5 Å². The van der Waals surface area contributed by atoms with Gasteiger partial charge < -0.3 is 10.1 Å². The van der Waals surface area contributed by atoms with Gasteiger partial charge in [-0.25, -0.2) is 9.18 Å². The number of fused-ring (bicyclic) bond motifs is 1. The third kappa shape index (κ3) is 4.59. The highest BCUT2D eigenvalue weighted by Gasteiger charge is 2.46. The van der Waals surface area contributed by atoms with Crippen molar-refractivity contribution < 1.29 is 27.1 Å². The molecular formula is C24H21ClF4N4O3. The van der Waals surface area contributed by atoms with Gasteiger partial charge in [-0.2, -0.15) is 17.9 Å². The molecule has 3 aromatic rings. The van der Waals surface area contributed by atoms with E-state index in [1.165, 1.54) is 16.7 Å². The quantitative estimate of drug-likeness (QED) is 0.469. The Balaban J connectivity index is 1.55. The summed E-state index contributed by atoms with van der Waals surface area (Å²) in [5.41, 5.74) is -1.12. The summed E-state index contributed by atoms with van der Waals surface area (Å²) in [6.07, 6.45) is -3.61. The summed E-state index contributed by atoms with van der Waals surface area (Å²) in [6, 6.07) is 7.70. The number of halogens is 5. The standard InChI is InChI=1S/C24H21ClF4N4O3/c1-13(24(27,28)29)36-19-11-18(33-22(35)32-8-7-23(5-6-23)12-20(32)31-33)17(26)10-16(19)21(34)30-15-4-2-3-14(25)9-15/h2-4,9-11,13H,5-8,12H2,1H3,(H,30,34)/t13-/m0/s1. The molecule has 0 bridgehead atoms. The summed E-state index contributed by atoms with van der Waals surface area (Å²) in [6.45, 7) is 1.20. The molecule has 1 aliphatic heterocycles. The van der Waals surface area contributed by atoms with Crippen LogP contribution in [0.25, 0.3) is 5.69 Å². The molecule has 0 unspecified atom stereocenters. The van der Waals surface area contributed by atoms with Crippen LogP contribution < -0.4 is 15.7 Å². The molecule has 1 aromatic heterocycles. The zero-order chi connectivity index (χ0) is 25.8. The van der Waals surface area contributed by atoms with Gasteiger partial charge in [-0.05, 0) is 55.9 Å². The van der Waals surface area contributed by atoms with Crippen molar-refractivity contribution in [3.05, 3.63) is 69.1 Å². The van der Waals surface area contributed by atoms with Gasteiger partial charge in [-0.3, -0.25) is 9.36 Å². The van der Waals surface area contributed by atoms with Crippen LogP contribution in [-0.2, 0) is 13.0 Å². The van der Waals surface area contributed by atoms with Crippen LogP contribution in [0.3, 0.4) is 0 Å². The summed E-state index contributed by atoms with van der Waals surface area (Å²) in [5.74, 6) is -1.99. The monoisotopic (exact) mass is 524 g/mol. The Morgan fingerprint density at radius 1 is 1.22 bits per heavy atom. The number of nitrogens with one attached hydrogen (secondary N) is 1. The van der Waals surface area contributed by atoms with Crippen molar-refractivity contribution >= 4 is 23.2 Å². The van der Waals surface area contributed by atoms with E-state index in [0.29, 0.717) is 23.8 Å². The minimum absolute atomic E-state index is 0.128. The maximum Gasteiger partial charge on any atom is 0.425 e. The largest absolute Gasteiger partial charge is 0.480 e. The molecule has 0 saturated heterocycles. The van der Waals surface area contributed by atoms with Gasteiger partial charge in [-0.15, -0.1) is 5.10 Å². The van der Waals surface area contributed by atoms with Gasteiger partial charge in [0.1, 0.15) is 23.1 Å². The summed E-state index contributed by atoms with van der Waals surface area (Å²) >= 11 is 5.92. The molecule has 5 rings (SSSR count). The molecule has 1 fully saturated rings. The minimum Gasteiger partial charge on any atom is -0.480 e. The number of nitrogens with zero attached hydrogens (tertiary/aromatic N) is 3. The van der Waals surface area contributed by atoms with Crippen LogP contribution in [0, 0.1) is 11.2 Å². The number of carbonyl (C=O) groups is 1. The van der Waals surface area contributed by atoms with Crippen LogP contribution in [0.1, 0.15) is 42.4 Å². The van der Waals surface area contributed by atoms with Crippen LogP contribution in [0.5, 0.6) is 5.75 Å². The van der Waals surface area contributed by atoms with Gasteiger partial charge in [0.15, 0.2) is 6.10 Å². The molecule has 1 aliphatic carbocycles. The molecule has 1 saturated carbocycles. The Bertz CT molecular complexity index is 1410. The van der Waals surface area contributed by atoms with Crippen molar-refractivity contribution in [2.24, 2.45) is 5.41 Å². The normalized spacial score (nSPS) is 16.9. The Hall–Kier alpha value is -3.34. The lowest BCUT2D eigenvalue weighted by Crippen LogP contribution is -2.32. The van der Waals surface area contributed by atoms with E-state index in [0.717, 1.165) is 43.0 Å². The highest BCUT2D eigenvalue weighted by atomic mass is 35.5. The van der Waals surface area contributed by atoms with Gasteiger partial charge in [0.25, 0.3) is 5.91 Å². The fourth-order valence-electron chi connectivity index (χ4n) is 4.33. The highest BCUT2D eigenvalue weighted by molar-refractivity contribution is 6.31. The van der Waals surface area contributed by atoms with E-state index in [-0.39, 0.29) is 11.1 Å². The number of ether oxygens (including phenoxy) is 1. The lowest BCUT2D eigenvalue weighted by molar-refractivity contribution is -0.189. The number of hydrogen-bond acceptors (Lipinski definition) is 4. The zero-order valence-corrected chi connectivity index (χ0v) is 19.8. The van der Waals surface area contributed by atoms with E-state index < -0.39 is 46.7 Å². The van der Waals surface area contributed by atoms with Gasteiger partial charge >= 0.3 is 11.9 Å². The summed E-state index contributed by atoms with van der Waals surface area (Å²) in [7, 11) is 0. The molecule has 2 heterocycles. The van der Waals surface area contributed by atoms with E-state index in [2.05, 4.69) is 10.4 Å². The lowest BCUT2D eigenvalue weighted by Gasteiger charge is -2.20. The van der Waals surface area contributed by atoms with E-state index in [1.54, 1.807) is 12.1 Å². The first-order valence-corrected chi connectivity index (χ1v) is 11.7. The number of hydrogen-bond donors (Lipinski definition) is 1. The first-order valence-electron chi connectivity index (χ1n) is 11.3. The molecule has 1 atom stereocenters. The molecule has 1 amide bonds. The Labute approximate surface area is 207 Å². The van der Waals surface area contributed by atoms with Gasteiger partial charge in [0, 0.05) is 29.7 Å². The van der Waals surface area contributed by atoms with Gasteiger partial charge in [-0.1, -0.05) is 17.7 Å². The molecule has 7 nitrogen and oxygen atoms in total. The summed E-state index contributed by atoms with van der Waals surface area (Å²) in [5, 5.41) is 7.05. The fourth-order valence-corrected chi connectivity index (χ4v) is 4.52. The first-order chi connectivity index (χ1) is 17.0. The average Bonchev–Trinajstić information content (AvgIpc) is 3.47. The first kappa shape index (κ1) is 24.4. The minimum atomic E-state index is -4.75. The predicted molar refractivity (Wildman–Crippen MR) is 123 cm³/mol. The van der Waals surface area contributed by atoms with Crippen LogP contribution in [0.15, 0.2) is 41.2 Å². The topological polar surface area (TPSA) is 78.2 Å². The Morgan fingerprint density at radius 2 is 1.97 bits per heavy atom. The summed E-state index contributed by atoms with van der Waals surface area (Å²) in [4.78, 5) is 25.9.